The third-order valence-corrected chi connectivity index (χ3v) is 2.89. The van der Waals surface area contributed by atoms with Crippen molar-refractivity contribution >= 4 is 28.9 Å². The number of carbonyl (C=O) groups is 1. The quantitative estimate of drug-likeness (QED) is 0.660. The summed E-state index contributed by atoms with van der Waals surface area (Å²) < 4.78 is 0. The number of benzene rings is 1. The lowest BCUT2D eigenvalue weighted by molar-refractivity contribution is -0.384. The molecule has 1 N–H and O–H groups in total. The molecule has 1 amide bonds. The lowest BCUT2D eigenvalue weighted by Crippen LogP contribution is -2.28. The highest BCUT2D eigenvalue weighted by Crippen LogP contribution is 2.34. The van der Waals surface area contributed by atoms with Crippen molar-refractivity contribution in [1.82, 2.24) is 0 Å². The second-order valence-corrected chi connectivity index (χ2v) is 5.44. The molecule has 0 radical (unpaired) electrons. The maximum Gasteiger partial charge on any atom is 0.297 e. The predicted molar refractivity (Wildman–Crippen MR) is 70.9 cm³/mol. The molecular formula is C12H15ClN2O3. The van der Waals surface area contributed by atoms with E-state index in [0.717, 1.165) is 0 Å². The summed E-state index contributed by atoms with van der Waals surface area (Å²) in [5, 5.41) is 13.9. The average Bonchev–Trinajstić information content (AvgIpc) is 2.21. The Hall–Kier alpha value is -1.62. The fourth-order valence-corrected chi connectivity index (χ4v) is 1.47. The first kappa shape index (κ1) is 14.4. The highest BCUT2D eigenvalue weighted by molar-refractivity contribution is 6.31. The zero-order valence-electron chi connectivity index (χ0n) is 10.7. The Bertz CT molecular complexity index is 507. The number of amides is 1. The van der Waals surface area contributed by atoms with Gasteiger partial charge in [0.1, 0.15) is 5.69 Å². The van der Waals surface area contributed by atoms with Crippen molar-refractivity contribution < 1.29 is 9.72 Å². The van der Waals surface area contributed by atoms with E-state index in [4.69, 9.17) is 11.6 Å². The minimum atomic E-state index is -0.624. The summed E-state index contributed by atoms with van der Waals surface area (Å²) in [6, 6.07) is 2.97. The van der Waals surface area contributed by atoms with E-state index >= 15 is 0 Å². The fraction of sp³-hybridized carbons (Fsp3) is 0.417. The average molecular weight is 271 g/mol. The molecule has 18 heavy (non-hydrogen) atoms. The number of nitrogens with one attached hydrogen (secondary N) is 1. The van der Waals surface area contributed by atoms with Gasteiger partial charge < -0.3 is 5.32 Å². The standard InChI is InChI=1S/C12H15ClN2O3/c1-7-8(13)5-6-9(10(7)15(17)18)14-11(16)12(2,3)4/h5-6H,1-4H3,(H,14,16). The van der Waals surface area contributed by atoms with E-state index in [2.05, 4.69) is 5.32 Å². The van der Waals surface area contributed by atoms with Crippen LogP contribution in [0.4, 0.5) is 11.4 Å². The van der Waals surface area contributed by atoms with Crippen LogP contribution in [0, 0.1) is 22.5 Å². The molecule has 0 atom stereocenters. The number of nitrogens with zero attached hydrogens (tertiary/aromatic N) is 1. The first-order chi connectivity index (χ1) is 8.14. The van der Waals surface area contributed by atoms with Gasteiger partial charge in [0.15, 0.2) is 0 Å². The summed E-state index contributed by atoms with van der Waals surface area (Å²) in [6.07, 6.45) is 0. The van der Waals surface area contributed by atoms with Gasteiger partial charge in [-0.15, -0.1) is 0 Å². The number of nitro benzene ring substituents is 1. The Morgan fingerprint density at radius 1 is 1.39 bits per heavy atom. The van der Waals surface area contributed by atoms with Crippen molar-refractivity contribution in [3.05, 3.63) is 32.8 Å². The Kier molecular flexibility index (Phi) is 3.96. The van der Waals surface area contributed by atoms with Gasteiger partial charge in [0.05, 0.1) is 9.95 Å². The van der Waals surface area contributed by atoms with Gasteiger partial charge in [-0.05, 0) is 19.1 Å². The molecular weight excluding hydrogens is 256 g/mol. The van der Waals surface area contributed by atoms with Gasteiger partial charge in [-0.1, -0.05) is 32.4 Å². The maximum atomic E-state index is 11.8. The zero-order valence-corrected chi connectivity index (χ0v) is 11.5. The van der Waals surface area contributed by atoms with Crippen LogP contribution in [-0.2, 0) is 4.79 Å². The summed E-state index contributed by atoms with van der Waals surface area (Å²) >= 11 is 5.84. The van der Waals surface area contributed by atoms with Crippen molar-refractivity contribution in [2.24, 2.45) is 5.41 Å². The lowest BCUT2D eigenvalue weighted by Gasteiger charge is -2.18. The fourth-order valence-electron chi connectivity index (χ4n) is 1.32. The first-order valence-corrected chi connectivity index (χ1v) is 5.77. The van der Waals surface area contributed by atoms with Gasteiger partial charge in [-0.3, -0.25) is 14.9 Å². The molecule has 0 aliphatic heterocycles. The molecule has 0 aliphatic carbocycles. The van der Waals surface area contributed by atoms with E-state index in [9.17, 15) is 14.9 Å². The second kappa shape index (κ2) is 4.94. The molecule has 0 unspecified atom stereocenters. The van der Waals surface area contributed by atoms with Crippen LogP contribution in [0.5, 0.6) is 0 Å². The van der Waals surface area contributed by atoms with Gasteiger partial charge in [-0.25, -0.2) is 0 Å². The largest absolute Gasteiger partial charge is 0.320 e. The van der Waals surface area contributed by atoms with Gasteiger partial charge in [-0.2, -0.15) is 0 Å². The molecule has 0 saturated heterocycles. The third-order valence-electron chi connectivity index (χ3n) is 2.48. The number of hydrogen-bond donors (Lipinski definition) is 1. The topological polar surface area (TPSA) is 72.2 Å². The van der Waals surface area contributed by atoms with Crippen LogP contribution in [0.2, 0.25) is 5.02 Å². The predicted octanol–water partition coefficient (Wildman–Crippen LogP) is 3.54. The van der Waals surface area contributed by atoms with Gasteiger partial charge >= 0.3 is 0 Å². The van der Waals surface area contributed by atoms with Crippen LogP contribution in [0.3, 0.4) is 0 Å². The van der Waals surface area contributed by atoms with Crippen LogP contribution in [0.15, 0.2) is 12.1 Å². The van der Waals surface area contributed by atoms with E-state index < -0.39 is 10.3 Å². The molecule has 0 heterocycles. The molecule has 0 fully saturated rings. The molecule has 0 aromatic heterocycles. The lowest BCUT2D eigenvalue weighted by atomic mass is 9.95. The van der Waals surface area contributed by atoms with Gasteiger partial charge in [0, 0.05) is 11.0 Å². The number of nitro groups is 1. The number of rotatable bonds is 2. The maximum absolute atomic E-state index is 11.8. The Morgan fingerprint density at radius 3 is 2.39 bits per heavy atom. The van der Waals surface area contributed by atoms with Crippen molar-refractivity contribution in [3.63, 3.8) is 0 Å². The molecule has 6 heteroatoms. The van der Waals surface area contributed by atoms with E-state index in [1.54, 1.807) is 27.7 Å². The van der Waals surface area contributed by atoms with Crippen LogP contribution in [0.25, 0.3) is 0 Å². The summed E-state index contributed by atoms with van der Waals surface area (Å²) in [5.41, 5.74) is -0.281. The number of anilines is 1. The number of halogens is 1. The minimum absolute atomic E-state index is 0.167. The SMILES string of the molecule is Cc1c(Cl)ccc(NC(=O)C(C)(C)C)c1[N+](=O)[O-]. The number of carbonyl (C=O) groups excluding carboxylic acids is 1. The minimum Gasteiger partial charge on any atom is -0.320 e. The van der Waals surface area contributed by atoms with E-state index in [1.165, 1.54) is 12.1 Å². The van der Waals surface area contributed by atoms with Crippen LogP contribution < -0.4 is 5.32 Å². The molecule has 0 saturated carbocycles. The molecule has 1 rings (SSSR count). The first-order valence-electron chi connectivity index (χ1n) is 5.39. The van der Waals surface area contributed by atoms with E-state index in [0.29, 0.717) is 10.6 Å². The molecule has 1 aromatic carbocycles. The Morgan fingerprint density at radius 2 is 1.94 bits per heavy atom. The molecule has 0 aliphatic rings. The van der Waals surface area contributed by atoms with Crippen molar-refractivity contribution in [2.75, 3.05) is 5.32 Å². The summed E-state index contributed by atoms with van der Waals surface area (Å²) in [5.74, 6) is -0.285. The normalized spacial score (nSPS) is 11.2. The van der Waals surface area contributed by atoms with Crippen molar-refractivity contribution in [2.45, 2.75) is 27.7 Å². The molecule has 0 spiro atoms. The van der Waals surface area contributed by atoms with Crippen molar-refractivity contribution in [3.8, 4) is 0 Å². The smallest absolute Gasteiger partial charge is 0.297 e. The van der Waals surface area contributed by atoms with Crippen molar-refractivity contribution in [1.29, 1.82) is 0 Å². The second-order valence-electron chi connectivity index (χ2n) is 5.03. The summed E-state index contributed by atoms with van der Waals surface area (Å²) in [7, 11) is 0. The van der Waals surface area contributed by atoms with Crippen LogP contribution in [0.1, 0.15) is 26.3 Å². The highest BCUT2D eigenvalue weighted by atomic mass is 35.5. The molecule has 0 bridgehead atoms. The van der Waals surface area contributed by atoms with Crippen LogP contribution in [-0.4, -0.2) is 10.8 Å². The van der Waals surface area contributed by atoms with Gasteiger partial charge in [0.2, 0.25) is 5.91 Å². The Balaban J connectivity index is 3.22. The number of hydrogen-bond acceptors (Lipinski definition) is 3. The summed E-state index contributed by atoms with van der Waals surface area (Å²) in [6.45, 7) is 6.75. The molecule has 1 aromatic rings. The van der Waals surface area contributed by atoms with E-state index in [1.807, 2.05) is 0 Å². The van der Waals surface area contributed by atoms with Crippen LogP contribution >= 0.6 is 11.6 Å². The molecule has 98 valence electrons. The monoisotopic (exact) mass is 270 g/mol. The zero-order chi connectivity index (χ0) is 14.1. The molecule has 5 nitrogen and oxygen atoms in total. The Labute approximate surface area is 110 Å². The highest BCUT2D eigenvalue weighted by Gasteiger charge is 2.26. The third kappa shape index (κ3) is 2.98. The van der Waals surface area contributed by atoms with E-state index in [-0.39, 0.29) is 17.3 Å². The van der Waals surface area contributed by atoms with Gasteiger partial charge in [0.25, 0.3) is 5.69 Å². The summed E-state index contributed by atoms with van der Waals surface area (Å²) in [4.78, 5) is 22.3.